The number of benzene rings is 1. The van der Waals surface area contributed by atoms with Gasteiger partial charge in [-0.25, -0.2) is 4.98 Å². The highest BCUT2D eigenvalue weighted by Gasteiger charge is 2.39. The van der Waals surface area contributed by atoms with Gasteiger partial charge in [-0.2, -0.15) is 13.2 Å². The smallest absolute Gasteiger partial charge is 0.471 e. The van der Waals surface area contributed by atoms with Crippen molar-refractivity contribution in [2.45, 2.75) is 13.1 Å². The number of halogens is 3. The number of carbonyl (C=O) groups excluding carboxylic acids is 1. The summed E-state index contributed by atoms with van der Waals surface area (Å²) in [6, 6.07) is 4.56. The zero-order chi connectivity index (χ0) is 14.2. The third-order valence-electron chi connectivity index (χ3n) is 2.23. The molecule has 0 bridgehead atoms. The minimum absolute atomic E-state index is 0.102. The van der Waals surface area contributed by atoms with Gasteiger partial charge in [0.1, 0.15) is 5.52 Å². The summed E-state index contributed by atoms with van der Waals surface area (Å²) in [5.41, 5.74) is 1.01. The maximum Gasteiger partial charge on any atom is 0.471 e. The summed E-state index contributed by atoms with van der Waals surface area (Å²) in [7, 11) is 0. The highest BCUT2D eigenvalue weighted by atomic mass is 19.4. The van der Waals surface area contributed by atoms with Crippen LogP contribution in [0.5, 0.6) is 0 Å². The number of alkyl halides is 3. The highest BCUT2D eigenvalue weighted by Crippen LogP contribution is 2.17. The number of hydrogen-bond donors (Lipinski definition) is 1. The lowest BCUT2D eigenvalue weighted by Gasteiger charge is -2.06. The fourth-order valence-corrected chi connectivity index (χ4v) is 1.38. The van der Waals surface area contributed by atoms with Gasteiger partial charge in [0.25, 0.3) is 11.5 Å². The first-order valence-electron chi connectivity index (χ1n) is 5.04. The molecule has 1 amide bonds. The second-order valence-electron chi connectivity index (χ2n) is 3.75. The van der Waals surface area contributed by atoms with Crippen molar-refractivity contribution < 1.29 is 22.8 Å². The summed E-state index contributed by atoms with van der Waals surface area (Å²) in [5.74, 6) is -2.94. The fraction of sp³-hybridized carbons (Fsp3) is 0.200. The van der Waals surface area contributed by atoms with Crippen LogP contribution in [0, 0.1) is 12.1 Å². The van der Waals surface area contributed by atoms with Gasteiger partial charge in [0.15, 0.2) is 0 Å². The van der Waals surface area contributed by atoms with Gasteiger partial charge in [0.2, 0.25) is 0 Å². The van der Waals surface area contributed by atoms with E-state index >= 15 is 0 Å². The Kier molecular flexibility index (Phi) is 2.97. The van der Waals surface area contributed by atoms with Crippen LogP contribution < -0.4 is 10.2 Å². The van der Waals surface area contributed by atoms with E-state index in [-0.39, 0.29) is 15.9 Å². The average Bonchev–Trinajstić information content (AvgIpc) is 2.29. The van der Waals surface area contributed by atoms with Crippen LogP contribution in [0.3, 0.4) is 0 Å². The molecule has 6 nitrogen and oxygen atoms in total. The third kappa shape index (κ3) is 2.69. The molecular weight excluding hydrogens is 265 g/mol. The molecule has 0 radical (unpaired) electrons. The Morgan fingerprint density at radius 1 is 1.42 bits per heavy atom. The molecule has 0 aliphatic rings. The van der Waals surface area contributed by atoms with Crippen LogP contribution in [0.15, 0.2) is 18.2 Å². The van der Waals surface area contributed by atoms with Gasteiger partial charge in [0.05, 0.1) is 5.10 Å². The number of nitrogens with one attached hydrogen (secondary N) is 1. The first-order chi connectivity index (χ1) is 8.77. The molecule has 9 heteroatoms. The predicted molar refractivity (Wildman–Crippen MR) is 57.9 cm³/mol. The summed E-state index contributed by atoms with van der Waals surface area (Å²) < 4.78 is 36.1. The molecule has 1 aromatic heterocycles. The molecule has 0 aliphatic heterocycles. The van der Waals surface area contributed by atoms with E-state index in [0.717, 1.165) is 5.56 Å². The van der Waals surface area contributed by atoms with Gasteiger partial charge < -0.3 is 5.21 Å². The Labute approximate surface area is 104 Å². The Morgan fingerprint density at radius 3 is 2.74 bits per heavy atom. The second kappa shape index (κ2) is 4.34. The quantitative estimate of drug-likeness (QED) is 0.622. The summed E-state index contributed by atoms with van der Waals surface area (Å²) in [4.78, 5) is 14.5. The van der Waals surface area contributed by atoms with Crippen molar-refractivity contribution in [3.63, 3.8) is 0 Å². The molecule has 0 fully saturated rings. The molecule has 2 rings (SSSR count). The van der Waals surface area contributed by atoms with Gasteiger partial charge in [-0.1, -0.05) is 6.07 Å². The summed E-state index contributed by atoms with van der Waals surface area (Å²) in [5, 5.41) is 16.2. The summed E-state index contributed by atoms with van der Waals surface area (Å²) in [6.45, 7) is 1.73. The van der Waals surface area contributed by atoms with E-state index in [2.05, 4.69) is 10.1 Å². The molecule has 1 aromatic carbocycles. The van der Waals surface area contributed by atoms with Crippen molar-refractivity contribution in [1.82, 2.24) is 10.1 Å². The maximum absolute atomic E-state index is 12.0. The molecule has 1 N–H and O–H groups in total. The van der Waals surface area contributed by atoms with Crippen molar-refractivity contribution in [1.29, 1.82) is 0 Å². The van der Waals surface area contributed by atoms with Crippen LogP contribution in [0.1, 0.15) is 5.56 Å². The molecule has 19 heavy (non-hydrogen) atoms. The van der Waals surface area contributed by atoms with E-state index in [9.17, 15) is 23.2 Å². The number of hydrogen-bond acceptors (Lipinski definition) is 4. The predicted octanol–water partition coefficient (Wildman–Crippen LogP) is 1.07. The van der Waals surface area contributed by atoms with E-state index < -0.39 is 18.0 Å². The van der Waals surface area contributed by atoms with E-state index in [1.54, 1.807) is 13.0 Å². The SMILES string of the molecule is Cc1ccc2nc(NC(=O)C(F)(F)F)n[n+]([O-])c2c1. The number of carbonyl (C=O) groups is 1. The van der Waals surface area contributed by atoms with E-state index in [0.29, 0.717) is 0 Å². The first kappa shape index (κ1) is 13.0. The number of rotatable bonds is 1. The molecule has 1 heterocycles. The van der Waals surface area contributed by atoms with Crippen LogP contribution in [-0.4, -0.2) is 22.2 Å². The minimum Gasteiger partial charge on any atom is -0.594 e. The molecular formula is C10H7F3N4O2. The average molecular weight is 272 g/mol. The number of aromatic nitrogens is 3. The Bertz CT molecular complexity index is 657. The Balaban J connectivity index is 2.42. The van der Waals surface area contributed by atoms with Crippen LogP contribution in [0.2, 0.25) is 0 Å². The van der Waals surface area contributed by atoms with Crippen LogP contribution in [-0.2, 0) is 4.79 Å². The highest BCUT2D eigenvalue weighted by molar-refractivity contribution is 5.93. The van der Waals surface area contributed by atoms with Crippen LogP contribution in [0.4, 0.5) is 19.1 Å². The Morgan fingerprint density at radius 2 is 2.11 bits per heavy atom. The van der Waals surface area contributed by atoms with E-state index in [1.165, 1.54) is 17.4 Å². The third-order valence-corrected chi connectivity index (χ3v) is 2.23. The monoisotopic (exact) mass is 272 g/mol. The standard InChI is InChI=1S/C10H7F3N4O2/c1-5-2-3-6-7(4-5)17(19)16-9(14-6)15-8(18)10(11,12)13/h2-4H,1H3,(H,14,15,16,18). The molecule has 0 atom stereocenters. The molecule has 100 valence electrons. The van der Waals surface area contributed by atoms with Crippen molar-refractivity contribution in [2.24, 2.45) is 0 Å². The van der Waals surface area contributed by atoms with Crippen molar-refractivity contribution in [2.75, 3.05) is 5.32 Å². The van der Waals surface area contributed by atoms with E-state index in [4.69, 9.17) is 0 Å². The van der Waals surface area contributed by atoms with Gasteiger partial charge in [0, 0.05) is 6.07 Å². The van der Waals surface area contributed by atoms with Crippen molar-refractivity contribution in [3.8, 4) is 0 Å². The molecule has 2 aromatic rings. The van der Waals surface area contributed by atoms with Crippen molar-refractivity contribution in [3.05, 3.63) is 29.0 Å². The first-order valence-corrected chi connectivity index (χ1v) is 5.04. The molecule has 0 saturated carbocycles. The summed E-state index contributed by atoms with van der Waals surface area (Å²) >= 11 is 0. The van der Waals surface area contributed by atoms with E-state index in [1.807, 2.05) is 0 Å². The molecule has 0 saturated heterocycles. The van der Waals surface area contributed by atoms with Crippen molar-refractivity contribution >= 4 is 22.9 Å². The molecule has 0 unspecified atom stereocenters. The number of anilines is 1. The zero-order valence-electron chi connectivity index (χ0n) is 9.52. The fourth-order valence-electron chi connectivity index (χ4n) is 1.38. The number of fused-ring (bicyclic) bond motifs is 1. The molecule has 0 aliphatic carbocycles. The zero-order valence-corrected chi connectivity index (χ0v) is 9.52. The largest absolute Gasteiger partial charge is 0.594 e. The second-order valence-corrected chi connectivity index (χ2v) is 3.75. The lowest BCUT2D eigenvalue weighted by molar-refractivity contribution is -0.641. The number of amides is 1. The Hall–Kier alpha value is -2.45. The van der Waals surface area contributed by atoms with Crippen LogP contribution in [0.25, 0.3) is 11.0 Å². The van der Waals surface area contributed by atoms with Gasteiger partial charge in [-0.15, -0.1) is 0 Å². The summed E-state index contributed by atoms with van der Waals surface area (Å²) in [6.07, 6.45) is -5.07. The number of aryl methyl sites for hydroxylation is 1. The lowest BCUT2D eigenvalue weighted by Crippen LogP contribution is -2.37. The van der Waals surface area contributed by atoms with Gasteiger partial charge in [-0.05, 0) is 23.4 Å². The number of nitrogens with zero attached hydrogens (tertiary/aromatic N) is 3. The van der Waals surface area contributed by atoms with Gasteiger partial charge in [-0.3, -0.25) is 10.1 Å². The maximum atomic E-state index is 12.0. The normalized spacial score (nSPS) is 11.6. The van der Waals surface area contributed by atoms with Gasteiger partial charge >= 0.3 is 12.1 Å². The lowest BCUT2D eigenvalue weighted by atomic mass is 10.2. The molecule has 0 spiro atoms. The topological polar surface area (TPSA) is 81.8 Å². The minimum atomic E-state index is -5.07. The van der Waals surface area contributed by atoms with Crippen LogP contribution >= 0.6 is 0 Å².